The molecule has 6 aromatic carbocycles. The number of aliphatic carboxylic acids is 1. The molecule has 0 radical (unpaired) electrons. The van der Waals surface area contributed by atoms with Crippen LogP contribution in [0.1, 0.15) is 57.9 Å². The molecule has 60 heavy (non-hydrogen) atoms. The lowest BCUT2D eigenvalue weighted by Crippen LogP contribution is -3.14. The van der Waals surface area contributed by atoms with Crippen LogP contribution in [-0.2, 0) is 37.8 Å². The zero-order valence-corrected chi connectivity index (χ0v) is 34.5. The third-order valence-corrected chi connectivity index (χ3v) is 11.1. The van der Waals surface area contributed by atoms with Crippen LogP contribution >= 0.6 is 0 Å². The molecule has 0 bridgehead atoms. The van der Waals surface area contributed by atoms with Gasteiger partial charge in [-0.15, -0.1) is 0 Å². The van der Waals surface area contributed by atoms with Gasteiger partial charge in [0.2, 0.25) is 0 Å². The highest BCUT2D eigenvalue weighted by Gasteiger charge is 2.43. The topological polar surface area (TPSA) is 113 Å². The Bertz CT molecular complexity index is 2020. The largest absolute Gasteiger partial charge is 0.840 e. The molecule has 3 N–H and O–H groups in total. The number of methoxy groups -OCH3 is 1. The Balaban J connectivity index is 0.000000477. The zero-order chi connectivity index (χ0) is 42.2. The second-order valence-electron chi connectivity index (χ2n) is 15.7. The Labute approximate surface area is 354 Å². The molecule has 6 aromatic rings. The molecule has 6 atom stereocenters. The highest BCUT2D eigenvalue weighted by molar-refractivity contribution is 5.73. The summed E-state index contributed by atoms with van der Waals surface area (Å²) in [5, 5.41) is 31.1. The molecule has 1 aliphatic heterocycles. The third-order valence-electron chi connectivity index (χ3n) is 11.1. The average molecular weight is 808 g/mol. The number of piperidine rings is 1. The van der Waals surface area contributed by atoms with E-state index in [1.165, 1.54) is 22.6 Å². The molecule has 0 aromatic heterocycles. The molecule has 8 heteroatoms. The summed E-state index contributed by atoms with van der Waals surface area (Å²) < 4.78 is 18.6. The number of benzene rings is 6. The van der Waals surface area contributed by atoms with Gasteiger partial charge in [-0.3, -0.25) is 4.79 Å². The lowest BCUT2D eigenvalue weighted by molar-refractivity contribution is -0.926. The van der Waals surface area contributed by atoms with Crippen molar-refractivity contribution >= 4 is 5.97 Å². The van der Waals surface area contributed by atoms with Gasteiger partial charge in [0.15, 0.2) is 0 Å². The first kappa shape index (κ1) is 44.1. The summed E-state index contributed by atoms with van der Waals surface area (Å²) in [4.78, 5) is 11.6. The average Bonchev–Trinajstić information content (AvgIpc) is 3.29. The zero-order valence-electron chi connectivity index (χ0n) is 34.5. The van der Waals surface area contributed by atoms with Crippen molar-refractivity contribution in [2.45, 2.75) is 43.8 Å². The number of hydrogen-bond donors (Lipinski definition) is 3. The summed E-state index contributed by atoms with van der Waals surface area (Å²) in [6.07, 6.45) is -2.17. The summed E-state index contributed by atoms with van der Waals surface area (Å²) >= 11 is 0. The molecule has 0 aliphatic carbocycles. The molecule has 1 fully saturated rings. The molecule has 7 rings (SSSR count). The van der Waals surface area contributed by atoms with Gasteiger partial charge in [-0.2, -0.15) is 0 Å². The molecule has 1 unspecified atom stereocenters. The van der Waals surface area contributed by atoms with E-state index < -0.39 is 23.8 Å². The molecule has 1 heterocycles. The van der Waals surface area contributed by atoms with E-state index in [9.17, 15) is 15.0 Å². The van der Waals surface area contributed by atoms with E-state index in [0.29, 0.717) is 44.5 Å². The van der Waals surface area contributed by atoms with Crippen LogP contribution in [0.2, 0.25) is 0 Å². The van der Waals surface area contributed by atoms with Crippen LogP contribution in [0.5, 0.6) is 0 Å². The van der Waals surface area contributed by atoms with E-state index in [1.54, 1.807) is 25.3 Å². The molecule has 0 spiro atoms. The molecule has 1 saturated heterocycles. The van der Waals surface area contributed by atoms with E-state index in [-0.39, 0.29) is 11.8 Å². The summed E-state index contributed by atoms with van der Waals surface area (Å²) in [5.74, 6) is -0.999. The van der Waals surface area contributed by atoms with E-state index in [2.05, 4.69) is 153 Å². The van der Waals surface area contributed by atoms with E-state index in [0.717, 1.165) is 40.9 Å². The van der Waals surface area contributed by atoms with Gasteiger partial charge < -0.3 is 34.4 Å². The Hall–Kier alpha value is -5.45. The van der Waals surface area contributed by atoms with Gasteiger partial charge in [-0.05, 0) is 27.8 Å². The lowest BCUT2D eigenvalue weighted by atomic mass is 9.77. The third kappa shape index (κ3) is 11.6. The summed E-state index contributed by atoms with van der Waals surface area (Å²) in [6, 6.07) is 58.9. The first-order valence-electron chi connectivity index (χ1n) is 20.7. The highest BCUT2D eigenvalue weighted by atomic mass is 16.5. The Kier molecular flexibility index (Phi) is 16.3. The van der Waals surface area contributed by atoms with Gasteiger partial charge in [-0.1, -0.05) is 188 Å². The summed E-state index contributed by atoms with van der Waals surface area (Å²) in [5.41, 5.74) is 6.26. The summed E-state index contributed by atoms with van der Waals surface area (Å²) in [6.45, 7) is 6.92. The van der Waals surface area contributed by atoms with Crippen molar-refractivity contribution in [3.63, 3.8) is 0 Å². The van der Waals surface area contributed by atoms with Crippen molar-refractivity contribution in [3.8, 4) is 0 Å². The van der Waals surface area contributed by atoms with Crippen molar-refractivity contribution in [1.82, 2.24) is 0 Å². The van der Waals surface area contributed by atoms with Gasteiger partial charge in [0.25, 0.3) is 5.97 Å². The van der Waals surface area contributed by atoms with Crippen molar-refractivity contribution < 1.29 is 39.2 Å². The number of quaternary nitrogens is 1. The number of carbonyl (C=O) groups is 1. The maximum absolute atomic E-state index is 11.9. The first-order chi connectivity index (χ1) is 29.3. The van der Waals surface area contributed by atoms with Gasteiger partial charge in [-0.25, -0.2) is 0 Å². The van der Waals surface area contributed by atoms with E-state index >= 15 is 0 Å². The molecular weight excluding hydrogens is 751 g/mol. The molecular formula is C52H57NO7. The van der Waals surface area contributed by atoms with Crippen LogP contribution < -0.4 is 10.0 Å². The number of rotatable bonds is 17. The number of nitrogens with one attached hydrogen (secondary N) is 1. The van der Waals surface area contributed by atoms with Crippen molar-refractivity contribution in [2.75, 3.05) is 40.0 Å². The first-order valence-corrected chi connectivity index (χ1v) is 20.7. The van der Waals surface area contributed by atoms with Gasteiger partial charge in [0.1, 0.15) is 24.8 Å². The van der Waals surface area contributed by atoms with Crippen LogP contribution in [0.3, 0.4) is 0 Å². The number of carboxylic acid groups (broad SMARTS) is 1. The fourth-order valence-corrected chi connectivity index (χ4v) is 8.32. The fourth-order valence-electron chi connectivity index (χ4n) is 8.32. The number of ether oxygens (including phenoxy) is 3. The quantitative estimate of drug-likeness (QED) is 0.0868. The summed E-state index contributed by atoms with van der Waals surface area (Å²) in [7, 11) is 1.72. The highest BCUT2D eigenvalue weighted by Crippen LogP contribution is 2.42. The lowest BCUT2D eigenvalue weighted by Gasteiger charge is -2.42. The van der Waals surface area contributed by atoms with Crippen LogP contribution in [0.25, 0.3) is 0 Å². The predicted molar refractivity (Wildman–Crippen MR) is 232 cm³/mol. The van der Waals surface area contributed by atoms with Crippen molar-refractivity contribution in [2.24, 2.45) is 11.8 Å². The SMILES string of the molecule is COC[C@H](C)COCc1ccc([C@H]2[C@H](COC(c3ccccc3)(c3ccccc3)c3ccccc3)C[NH+](Cc3ccccc3)C[C@@H]2O)cc1.O=C(O)[C@@H]([O-])c1ccccc1. The van der Waals surface area contributed by atoms with Gasteiger partial charge >= 0.3 is 0 Å². The monoisotopic (exact) mass is 807 g/mol. The van der Waals surface area contributed by atoms with Crippen LogP contribution in [-0.4, -0.2) is 62.3 Å². The Morgan fingerprint density at radius 2 is 1.20 bits per heavy atom. The van der Waals surface area contributed by atoms with E-state index in [4.69, 9.17) is 19.3 Å². The van der Waals surface area contributed by atoms with Crippen LogP contribution in [0.15, 0.2) is 176 Å². The predicted octanol–water partition coefficient (Wildman–Crippen LogP) is 6.83. The number of aliphatic hydroxyl groups is 1. The fraction of sp³-hybridized carbons (Fsp3) is 0.288. The second kappa shape index (κ2) is 22.2. The number of aliphatic hydroxyl groups excluding tert-OH is 1. The molecule has 0 amide bonds. The normalized spacial score (nSPS) is 18.7. The van der Waals surface area contributed by atoms with Gasteiger partial charge in [0, 0.05) is 36.5 Å². The van der Waals surface area contributed by atoms with Crippen LogP contribution in [0.4, 0.5) is 0 Å². The second-order valence-corrected chi connectivity index (χ2v) is 15.7. The van der Waals surface area contributed by atoms with Crippen molar-refractivity contribution in [1.29, 1.82) is 0 Å². The number of likely N-dealkylation sites (tertiary alicyclic amines) is 1. The van der Waals surface area contributed by atoms with Gasteiger partial charge in [0.05, 0.1) is 33.0 Å². The minimum Gasteiger partial charge on any atom is -0.840 e. The molecule has 8 nitrogen and oxygen atoms in total. The number of hydrogen-bond acceptors (Lipinski definition) is 6. The molecule has 1 aliphatic rings. The van der Waals surface area contributed by atoms with E-state index in [1.807, 2.05) is 0 Å². The molecule has 312 valence electrons. The van der Waals surface area contributed by atoms with Crippen LogP contribution in [0, 0.1) is 11.8 Å². The smallest absolute Gasteiger partial charge is 0.294 e. The minimum atomic E-state index is -1.66. The Morgan fingerprint density at radius 3 is 1.70 bits per heavy atom. The standard InChI is InChI=1S/C44H49NO4.C8H7O3/c1-34(30-47-2)31-48-32-36-23-25-37(26-24-36)43-38(28-45(29-42(43)46)27-35-15-7-3-8-16-35)33-49-44(39-17-9-4-10-18-39,40-19-11-5-12-20-40)41-21-13-6-14-22-41;9-7(8(10)11)6-4-2-1-3-5-6/h3-26,34,38,42-43,46H,27-33H2,1-2H3;1-5,7H,(H,10,11)/q;-1/p+1/t34-,38-,42-,43-;7-/m00/s1. The Morgan fingerprint density at radius 1 is 0.700 bits per heavy atom. The maximum atomic E-state index is 11.9. The minimum absolute atomic E-state index is 0.0648. The number of carboxylic acids is 1. The molecule has 0 saturated carbocycles. The maximum Gasteiger partial charge on any atom is 0.294 e. The van der Waals surface area contributed by atoms with Crippen molar-refractivity contribution in [3.05, 3.63) is 215 Å².